The molecule has 2 unspecified atom stereocenters. The lowest BCUT2D eigenvalue weighted by atomic mass is 9.95. The minimum atomic E-state index is -4.40. The van der Waals surface area contributed by atoms with Crippen molar-refractivity contribution in [3.05, 3.63) is 23.9 Å². The number of aliphatic hydroxyl groups is 3. The molecule has 2 aliphatic rings. The van der Waals surface area contributed by atoms with E-state index >= 15 is 0 Å². The summed E-state index contributed by atoms with van der Waals surface area (Å²) < 4.78 is 38.7. The molecule has 2 aliphatic heterocycles. The normalized spacial score (nSPS) is 31.2. The molecular weight excluding hydrogens is 351 g/mol. The molecule has 1 aromatic heterocycles. The number of pyridine rings is 1. The van der Waals surface area contributed by atoms with Gasteiger partial charge in [-0.1, -0.05) is 0 Å². The van der Waals surface area contributed by atoms with Crippen LogP contribution in [0.4, 0.5) is 19.0 Å². The first-order valence-corrected chi connectivity index (χ1v) is 8.79. The summed E-state index contributed by atoms with van der Waals surface area (Å²) in [5, 5.41) is 29.2. The summed E-state index contributed by atoms with van der Waals surface area (Å²) in [4.78, 5) is 7.85. The summed E-state index contributed by atoms with van der Waals surface area (Å²) in [6, 6.07) is 2.04. The van der Waals surface area contributed by atoms with Crippen LogP contribution in [0.15, 0.2) is 18.3 Å². The third-order valence-electron chi connectivity index (χ3n) is 5.11. The summed E-state index contributed by atoms with van der Waals surface area (Å²) >= 11 is 0. The Kier molecular flexibility index (Phi) is 5.71. The molecular formula is C17H24F3N3O3. The van der Waals surface area contributed by atoms with Crippen LogP contribution in [-0.4, -0.2) is 76.2 Å². The van der Waals surface area contributed by atoms with E-state index in [1.807, 2.05) is 9.80 Å². The van der Waals surface area contributed by atoms with Crippen LogP contribution in [0, 0.1) is 5.92 Å². The number of alkyl halides is 3. The van der Waals surface area contributed by atoms with Crippen LogP contribution in [0.25, 0.3) is 0 Å². The lowest BCUT2D eigenvalue weighted by Crippen LogP contribution is -2.56. The molecule has 3 N–H and O–H groups in total. The van der Waals surface area contributed by atoms with Gasteiger partial charge in [-0.3, -0.25) is 4.90 Å². The zero-order valence-corrected chi connectivity index (χ0v) is 14.3. The first kappa shape index (κ1) is 19.3. The highest BCUT2D eigenvalue weighted by molar-refractivity contribution is 5.42. The monoisotopic (exact) mass is 375 g/mol. The predicted octanol–water partition coefficient (Wildman–Crippen LogP) is 0.715. The summed E-state index contributed by atoms with van der Waals surface area (Å²) in [6.45, 7) is 2.37. The third-order valence-corrected chi connectivity index (χ3v) is 5.11. The molecule has 9 heteroatoms. The second kappa shape index (κ2) is 7.67. The maximum absolute atomic E-state index is 12.9. The Labute approximate surface area is 149 Å². The lowest BCUT2D eigenvalue weighted by molar-refractivity contribution is -0.137. The molecule has 1 aromatic rings. The Balaban J connectivity index is 1.63. The highest BCUT2D eigenvalue weighted by Crippen LogP contribution is 2.32. The average Bonchev–Trinajstić information content (AvgIpc) is 2.59. The van der Waals surface area contributed by atoms with E-state index in [1.165, 1.54) is 6.20 Å². The number of anilines is 1. The van der Waals surface area contributed by atoms with Crippen LogP contribution >= 0.6 is 0 Å². The van der Waals surface area contributed by atoms with Gasteiger partial charge in [0, 0.05) is 38.9 Å². The highest BCUT2D eigenvalue weighted by Gasteiger charge is 2.35. The van der Waals surface area contributed by atoms with Crippen molar-refractivity contribution >= 4 is 5.82 Å². The predicted molar refractivity (Wildman–Crippen MR) is 88.6 cm³/mol. The van der Waals surface area contributed by atoms with Crippen LogP contribution in [0.2, 0.25) is 0 Å². The van der Waals surface area contributed by atoms with Crippen molar-refractivity contribution in [1.82, 2.24) is 9.88 Å². The van der Waals surface area contributed by atoms with E-state index in [0.717, 1.165) is 25.0 Å². The lowest BCUT2D eigenvalue weighted by Gasteiger charge is -2.41. The number of nitrogens with zero attached hydrogens (tertiary/aromatic N) is 3. The molecule has 26 heavy (non-hydrogen) atoms. The highest BCUT2D eigenvalue weighted by atomic mass is 19.4. The molecule has 146 valence electrons. The van der Waals surface area contributed by atoms with E-state index < -0.39 is 30.1 Å². The number of piperidine rings is 2. The van der Waals surface area contributed by atoms with Crippen molar-refractivity contribution in [2.45, 2.75) is 37.3 Å². The largest absolute Gasteiger partial charge is 0.416 e. The smallest absolute Gasteiger partial charge is 0.389 e. The molecule has 0 aromatic carbocycles. The van der Waals surface area contributed by atoms with Gasteiger partial charge in [0.15, 0.2) is 0 Å². The van der Waals surface area contributed by atoms with Gasteiger partial charge in [-0.25, -0.2) is 4.98 Å². The van der Waals surface area contributed by atoms with Crippen molar-refractivity contribution in [2.24, 2.45) is 5.92 Å². The van der Waals surface area contributed by atoms with Gasteiger partial charge in [-0.2, -0.15) is 13.2 Å². The Hall–Kier alpha value is -1.42. The minimum absolute atomic E-state index is 0.190. The molecule has 0 spiro atoms. The van der Waals surface area contributed by atoms with Crippen molar-refractivity contribution in [2.75, 3.05) is 37.6 Å². The van der Waals surface area contributed by atoms with Crippen LogP contribution in [0.3, 0.4) is 0 Å². The van der Waals surface area contributed by atoms with Gasteiger partial charge >= 0.3 is 6.18 Å². The quantitative estimate of drug-likeness (QED) is 0.722. The van der Waals surface area contributed by atoms with Crippen LogP contribution in [0.5, 0.6) is 0 Å². The maximum atomic E-state index is 12.9. The Morgan fingerprint density at radius 2 is 1.81 bits per heavy atom. The SMILES string of the molecule is OC1CN(C[C@@H]2CCCN(c3cc(C(F)(F)F)ccn3)C2)CC(O)C1O. The number of β-amino-alcohol motifs (C(OH)–C–C–N with tert-alkyl or cyclic N) is 2. The molecule has 6 nitrogen and oxygen atoms in total. The fourth-order valence-corrected chi connectivity index (χ4v) is 3.78. The molecule has 3 rings (SSSR count). The number of likely N-dealkylation sites (tertiary alicyclic amines) is 1. The summed E-state index contributed by atoms with van der Waals surface area (Å²) in [6.07, 6.45) is -4.59. The van der Waals surface area contributed by atoms with Gasteiger partial charge in [0.1, 0.15) is 11.9 Å². The Morgan fingerprint density at radius 3 is 2.46 bits per heavy atom. The molecule has 0 bridgehead atoms. The zero-order valence-electron chi connectivity index (χ0n) is 14.3. The fourth-order valence-electron chi connectivity index (χ4n) is 3.78. The molecule has 0 saturated carbocycles. The van der Waals surface area contributed by atoms with Gasteiger partial charge in [0.25, 0.3) is 0 Å². The second-order valence-corrected chi connectivity index (χ2v) is 7.20. The van der Waals surface area contributed by atoms with Crippen LogP contribution in [0.1, 0.15) is 18.4 Å². The van der Waals surface area contributed by atoms with Crippen LogP contribution < -0.4 is 4.90 Å². The minimum Gasteiger partial charge on any atom is -0.389 e. The molecule has 0 aliphatic carbocycles. The van der Waals surface area contributed by atoms with Crippen molar-refractivity contribution in [3.8, 4) is 0 Å². The first-order chi connectivity index (χ1) is 12.2. The molecule has 0 amide bonds. The van der Waals surface area contributed by atoms with E-state index in [9.17, 15) is 28.5 Å². The molecule has 0 radical (unpaired) electrons. The number of hydrogen-bond acceptors (Lipinski definition) is 6. The number of halogens is 3. The van der Waals surface area contributed by atoms with E-state index in [0.29, 0.717) is 25.5 Å². The molecule has 3 heterocycles. The summed E-state index contributed by atoms with van der Waals surface area (Å²) in [5.74, 6) is 0.508. The average molecular weight is 375 g/mol. The van der Waals surface area contributed by atoms with Crippen molar-refractivity contribution in [1.29, 1.82) is 0 Å². The molecule has 2 saturated heterocycles. The number of aliphatic hydroxyl groups excluding tert-OH is 3. The summed E-state index contributed by atoms with van der Waals surface area (Å²) in [7, 11) is 0. The Morgan fingerprint density at radius 1 is 1.12 bits per heavy atom. The maximum Gasteiger partial charge on any atom is 0.416 e. The fraction of sp³-hybridized carbons (Fsp3) is 0.706. The van der Waals surface area contributed by atoms with Gasteiger partial charge < -0.3 is 20.2 Å². The topological polar surface area (TPSA) is 80.1 Å². The van der Waals surface area contributed by atoms with Gasteiger partial charge in [-0.05, 0) is 30.9 Å². The third kappa shape index (κ3) is 4.46. The van der Waals surface area contributed by atoms with E-state index in [4.69, 9.17) is 0 Å². The molecule has 2 fully saturated rings. The number of hydrogen-bond donors (Lipinski definition) is 3. The van der Waals surface area contributed by atoms with Gasteiger partial charge in [-0.15, -0.1) is 0 Å². The zero-order chi connectivity index (χ0) is 18.9. The number of rotatable bonds is 3. The Bertz CT molecular complexity index is 604. The van der Waals surface area contributed by atoms with Gasteiger partial charge in [0.05, 0.1) is 17.8 Å². The van der Waals surface area contributed by atoms with Gasteiger partial charge in [0.2, 0.25) is 0 Å². The first-order valence-electron chi connectivity index (χ1n) is 8.79. The van der Waals surface area contributed by atoms with Crippen LogP contribution in [-0.2, 0) is 6.18 Å². The second-order valence-electron chi connectivity index (χ2n) is 7.20. The summed E-state index contributed by atoms with van der Waals surface area (Å²) in [5.41, 5.74) is -0.708. The molecule has 3 atom stereocenters. The number of aromatic nitrogens is 1. The van der Waals surface area contributed by atoms with E-state index in [1.54, 1.807) is 0 Å². The van der Waals surface area contributed by atoms with Crippen molar-refractivity contribution < 1.29 is 28.5 Å². The van der Waals surface area contributed by atoms with E-state index in [2.05, 4.69) is 4.98 Å². The van der Waals surface area contributed by atoms with Crippen molar-refractivity contribution in [3.63, 3.8) is 0 Å². The van der Waals surface area contributed by atoms with E-state index in [-0.39, 0.29) is 19.0 Å². The standard InChI is InChI=1S/C17H24F3N3O3/c18-17(19,20)12-3-4-21-15(6-12)23-5-1-2-11(8-23)7-22-9-13(24)16(26)14(25)10-22/h3-4,6,11,13-14,16,24-26H,1-2,5,7-10H2/t11-,13?,14?,16?/m0/s1.